The van der Waals surface area contributed by atoms with Gasteiger partial charge in [-0.1, -0.05) is 98.0 Å². The summed E-state index contributed by atoms with van der Waals surface area (Å²) in [6, 6.07) is 26.0. The quantitative estimate of drug-likeness (QED) is 0.272. The molecule has 2 heterocycles. The van der Waals surface area contributed by atoms with Crippen LogP contribution in [0.5, 0.6) is 0 Å². The Labute approximate surface area is 225 Å². The number of benzene rings is 3. The van der Waals surface area contributed by atoms with Gasteiger partial charge in [0.05, 0.1) is 22.4 Å². The second-order valence-electron chi connectivity index (χ2n) is 12.0. The van der Waals surface area contributed by atoms with Crippen LogP contribution in [0.15, 0.2) is 97.1 Å². The highest BCUT2D eigenvalue weighted by Gasteiger charge is 2.52. The number of para-hydroxylation sites is 1. The lowest BCUT2D eigenvalue weighted by Crippen LogP contribution is -2.41. The molecule has 4 heteroatoms. The molecule has 0 amide bonds. The summed E-state index contributed by atoms with van der Waals surface area (Å²) in [7, 11) is -0.418. The number of aromatic nitrogens is 1. The van der Waals surface area contributed by atoms with E-state index in [1.165, 1.54) is 27.6 Å². The average molecular weight is 497 g/mol. The molecule has 0 bridgehead atoms. The van der Waals surface area contributed by atoms with E-state index in [2.05, 4.69) is 132 Å². The van der Waals surface area contributed by atoms with Crippen molar-refractivity contribution in [2.75, 3.05) is 0 Å². The van der Waals surface area contributed by atoms with Crippen molar-refractivity contribution >= 4 is 23.5 Å². The molecule has 3 nitrogen and oxygen atoms in total. The summed E-state index contributed by atoms with van der Waals surface area (Å²) in [6.45, 7) is 10.7. The average Bonchev–Trinajstić information content (AvgIpc) is 3.14. The summed E-state index contributed by atoms with van der Waals surface area (Å²) < 4.78 is 12.8. The van der Waals surface area contributed by atoms with Gasteiger partial charge in [0, 0.05) is 27.8 Å². The van der Waals surface area contributed by atoms with Crippen LogP contribution in [0.1, 0.15) is 51.7 Å². The molecule has 3 aromatic carbocycles. The number of fused-ring (bicyclic) bond motifs is 8. The molecular formula is C34H32BNO2. The minimum absolute atomic E-state index is 0.121. The Hall–Kier alpha value is -3.47. The van der Waals surface area contributed by atoms with Crippen molar-refractivity contribution in [3.8, 4) is 22.4 Å². The van der Waals surface area contributed by atoms with Gasteiger partial charge in [-0.3, -0.25) is 0 Å². The third-order valence-corrected chi connectivity index (χ3v) is 9.21. The Balaban J connectivity index is 1.49. The zero-order valence-electron chi connectivity index (χ0n) is 22.7. The molecule has 38 heavy (non-hydrogen) atoms. The molecule has 1 aliphatic heterocycles. The molecule has 1 saturated heterocycles. The van der Waals surface area contributed by atoms with Crippen LogP contribution in [0.4, 0.5) is 0 Å². The van der Waals surface area contributed by atoms with E-state index in [9.17, 15) is 0 Å². The van der Waals surface area contributed by atoms with E-state index in [1.807, 2.05) is 0 Å². The van der Waals surface area contributed by atoms with Gasteiger partial charge < -0.3 is 9.31 Å². The van der Waals surface area contributed by atoms with Crippen LogP contribution in [-0.2, 0) is 14.7 Å². The Kier molecular flexibility index (Phi) is 4.99. The number of hydrogen-bond acceptors (Lipinski definition) is 3. The molecule has 0 radical (unpaired) electrons. The van der Waals surface area contributed by atoms with Gasteiger partial charge in [-0.05, 0) is 55.9 Å². The highest BCUT2D eigenvalue weighted by molar-refractivity contribution is 6.62. The molecule has 1 fully saturated rings. The van der Waals surface area contributed by atoms with Gasteiger partial charge in [0.25, 0.3) is 0 Å². The lowest BCUT2D eigenvalue weighted by atomic mass is 9.60. The maximum atomic E-state index is 6.40. The first-order valence-electron chi connectivity index (χ1n) is 13.5. The number of nitrogens with zero attached hydrogens (tertiary/aromatic N) is 1. The Morgan fingerprint density at radius 1 is 0.789 bits per heavy atom. The molecule has 0 saturated carbocycles. The van der Waals surface area contributed by atoms with Crippen molar-refractivity contribution in [3.05, 3.63) is 108 Å². The molecule has 4 aromatic rings. The lowest BCUT2D eigenvalue weighted by molar-refractivity contribution is 0.00578. The van der Waals surface area contributed by atoms with Gasteiger partial charge >= 0.3 is 7.12 Å². The van der Waals surface area contributed by atoms with Crippen LogP contribution in [0.25, 0.3) is 33.3 Å². The predicted molar refractivity (Wildman–Crippen MR) is 157 cm³/mol. The fourth-order valence-corrected chi connectivity index (χ4v) is 6.41. The van der Waals surface area contributed by atoms with E-state index < -0.39 is 18.3 Å². The molecule has 7 rings (SSSR count). The van der Waals surface area contributed by atoms with Gasteiger partial charge in [0.1, 0.15) is 0 Å². The molecule has 2 unspecified atom stereocenters. The first-order valence-corrected chi connectivity index (χ1v) is 13.5. The maximum absolute atomic E-state index is 6.40. The van der Waals surface area contributed by atoms with Crippen LogP contribution in [-0.4, -0.2) is 23.3 Å². The van der Waals surface area contributed by atoms with E-state index in [1.54, 1.807) is 0 Å². The second-order valence-corrected chi connectivity index (χ2v) is 12.0. The summed E-state index contributed by atoms with van der Waals surface area (Å²) in [5, 5.41) is 1.22. The van der Waals surface area contributed by atoms with Crippen molar-refractivity contribution in [3.63, 3.8) is 0 Å². The van der Waals surface area contributed by atoms with Crippen molar-refractivity contribution in [2.24, 2.45) is 0 Å². The van der Waals surface area contributed by atoms with Gasteiger partial charge in [-0.25, -0.2) is 4.98 Å². The first kappa shape index (κ1) is 23.6. The first-order chi connectivity index (χ1) is 18.2. The lowest BCUT2D eigenvalue weighted by Gasteiger charge is -2.43. The SMILES string of the molecule is CC12C=CC=CC1c1c(c(-c3cccc(B4OC(C)(C)C(C)(C)O4)c3)nc3ccccc13)-c1ccccc12. The standard InChI is InChI=1S/C34H32BNO2/c1-32(2)33(3,4)38-35(37-32)23-14-12-13-22(21-23)31-30-24-15-6-8-17-26(24)34(5)20-11-10-18-27(34)29(30)25-16-7-9-19-28(25)36-31/h6-21,27H,1-5H3. The largest absolute Gasteiger partial charge is 0.494 e. The molecular weight excluding hydrogens is 465 g/mol. The van der Waals surface area contributed by atoms with E-state index in [4.69, 9.17) is 14.3 Å². The van der Waals surface area contributed by atoms with Crippen molar-refractivity contribution < 1.29 is 9.31 Å². The minimum Gasteiger partial charge on any atom is -0.399 e. The van der Waals surface area contributed by atoms with Crippen molar-refractivity contribution in [1.82, 2.24) is 4.98 Å². The van der Waals surface area contributed by atoms with Gasteiger partial charge in [-0.2, -0.15) is 0 Å². The Bertz CT molecular complexity index is 1650. The fourth-order valence-electron chi connectivity index (χ4n) is 6.41. The second kappa shape index (κ2) is 8.02. The number of rotatable bonds is 2. The van der Waals surface area contributed by atoms with Crippen molar-refractivity contribution in [2.45, 2.75) is 57.2 Å². The van der Waals surface area contributed by atoms with E-state index in [0.29, 0.717) is 0 Å². The fraction of sp³-hybridized carbons (Fsp3) is 0.265. The Morgan fingerprint density at radius 2 is 1.53 bits per heavy atom. The third kappa shape index (κ3) is 3.27. The van der Waals surface area contributed by atoms with Crippen molar-refractivity contribution in [1.29, 1.82) is 0 Å². The normalized spacial score (nSPS) is 24.2. The predicted octanol–water partition coefficient (Wildman–Crippen LogP) is 7.35. The van der Waals surface area contributed by atoms with Crippen LogP contribution in [0.3, 0.4) is 0 Å². The minimum atomic E-state index is -0.418. The summed E-state index contributed by atoms with van der Waals surface area (Å²) in [6.07, 6.45) is 9.12. The molecule has 0 N–H and O–H groups in total. The van der Waals surface area contributed by atoms with E-state index in [-0.39, 0.29) is 11.3 Å². The summed E-state index contributed by atoms with van der Waals surface area (Å²) in [5.41, 5.74) is 8.41. The molecule has 2 atom stereocenters. The van der Waals surface area contributed by atoms with Gasteiger partial charge in [0.15, 0.2) is 0 Å². The molecule has 0 spiro atoms. The van der Waals surface area contributed by atoms with E-state index >= 15 is 0 Å². The zero-order chi connectivity index (χ0) is 26.3. The summed E-state index contributed by atoms with van der Waals surface area (Å²) >= 11 is 0. The van der Waals surface area contributed by atoms with Gasteiger partial charge in [-0.15, -0.1) is 0 Å². The molecule has 1 aromatic heterocycles. The number of allylic oxidation sites excluding steroid dienone is 4. The van der Waals surface area contributed by atoms with Crippen LogP contribution < -0.4 is 5.46 Å². The monoisotopic (exact) mass is 497 g/mol. The third-order valence-electron chi connectivity index (χ3n) is 9.21. The summed E-state index contributed by atoms with van der Waals surface area (Å²) in [4.78, 5) is 5.32. The maximum Gasteiger partial charge on any atom is 0.494 e. The summed E-state index contributed by atoms with van der Waals surface area (Å²) in [5.74, 6) is 0.218. The van der Waals surface area contributed by atoms with E-state index in [0.717, 1.165) is 22.2 Å². The highest BCUT2D eigenvalue weighted by Crippen LogP contribution is 2.56. The molecule has 2 aliphatic carbocycles. The molecule has 3 aliphatic rings. The van der Waals surface area contributed by atoms with Crippen LogP contribution in [0.2, 0.25) is 0 Å². The van der Waals surface area contributed by atoms with Gasteiger partial charge in [0.2, 0.25) is 0 Å². The topological polar surface area (TPSA) is 31.4 Å². The zero-order valence-corrected chi connectivity index (χ0v) is 22.7. The Morgan fingerprint density at radius 3 is 2.34 bits per heavy atom. The highest BCUT2D eigenvalue weighted by atomic mass is 16.7. The molecule has 188 valence electrons. The smallest absolute Gasteiger partial charge is 0.399 e. The van der Waals surface area contributed by atoms with Crippen LogP contribution in [0, 0.1) is 0 Å². The van der Waals surface area contributed by atoms with Crippen LogP contribution >= 0.6 is 0 Å². The number of hydrogen-bond donors (Lipinski definition) is 0. The number of pyridine rings is 1.